The molecule has 2 N–H and O–H groups in total. The first-order valence-electron chi connectivity index (χ1n) is 6.23. The summed E-state index contributed by atoms with van der Waals surface area (Å²) in [6.45, 7) is 4.21. The lowest BCUT2D eigenvalue weighted by atomic mass is 9.94. The zero-order valence-electron chi connectivity index (χ0n) is 10.9. The lowest BCUT2D eigenvalue weighted by molar-refractivity contribution is 0.937. The van der Waals surface area contributed by atoms with Crippen molar-refractivity contribution in [2.24, 2.45) is 0 Å². The predicted octanol–water partition coefficient (Wildman–Crippen LogP) is 3.73. The molecule has 0 aliphatic rings. The van der Waals surface area contributed by atoms with Crippen molar-refractivity contribution < 1.29 is 0 Å². The van der Waals surface area contributed by atoms with E-state index in [1.807, 2.05) is 25.3 Å². The van der Waals surface area contributed by atoms with Crippen LogP contribution in [0, 0.1) is 6.92 Å². The molecule has 0 amide bonds. The second-order valence-electron chi connectivity index (χ2n) is 4.64. The van der Waals surface area contributed by atoms with Gasteiger partial charge in [0.05, 0.1) is 11.2 Å². The number of aryl methyl sites for hydroxylation is 1. The van der Waals surface area contributed by atoms with Crippen LogP contribution in [0.4, 0.5) is 5.13 Å². The van der Waals surface area contributed by atoms with Crippen molar-refractivity contribution in [3.63, 3.8) is 0 Å². The first-order chi connectivity index (χ1) is 9.16. The zero-order chi connectivity index (χ0) is 13.4. The standard InChI is InChI=1S/C15H15N3S/c1-9(14-10(2)18-15(16)19-14)11-5-3-7-13-12(11)6-4-8-17-13/h3-9H,1-2H3,(H2,16,18). The van der Waals surface area contributed by atoms with Crippen LogP contribution < -0.4 is 5.73 Å². The number of fused-ring (bicyclic) bond motifs is 1. The first-order valence-corrected chi connectivity index (χ1v) is 7.05. The summed E-state index contributed by atoms with van der Waals surface area (Å²) in [6.07, 6.45) is 1.83. The lowest BCUT2D eigenvalue weighted by Gasteiger charge is -2.13. The summed E-state index contributed by atoms with van der Waals surface area (Å²) >= 11 is 1.57. The minimum absolute atomic E-state index is 0.280. The summed E-state index contributed by atoms with van der Waals surface area (Å²) < 4.78 is 0. The number of nitrogens with two attached hydrogens (primary N) is 1. The van der Waals surface area contributed by atoms with Gasteiger partial charge in [0.25, 0.3) is 0 Å². The molecule has 2 heterocycles. The molecule has 0 aliphatic heterocycles. The molecule has 1 unspecified atom stereocenters. The van der Waals surface area contributed by atoms with Crippen LogP contribution in [-0.2, 0) is 0 Å². The van der Waals surface area contributed by atoms with Crippen molar-refractivity contribution in [1.82, 2.24) is 9.97 Å². The van der Waals surface area contributed by atoms with E-state index < -0.39 is 0 Å². The summed E-state index contributed by atoms with van der Waals surface area (Å²) in [5.74, 6) is 0.280. The van der Waals surface area contributed by atoms with Crippen LogP contribution in [0.15, 0.2) is 36.5 Å². The molecule has 0 fully saturated rings. The summed E-state index contributed by atoms with van der Waals surface area (Å²) in [4.78, 5) is 9.96. The summed E-state index contributed by atoms with van der Waals surface area (Å²) in [7, 11) is 0. The fourth-order valence-corrected chi connectivity index (χ4v) is 3.38. The van der Waals surface area contributed by atoms with E-state index in [9.17, 15) is 0 Å². The minimum atomic E-state index is 0.280. The maximum atomic E-state index is 5.80. The average molecular weight is 269 g/mol. The molecule has 3 rings (SSSR count). The monoisotopic (exact) mass is 269 g/mol. The molecule has 3 nitrogen and oxygen atoms in total. The predicted molar refractivity (Wildman–Crippen MR) is 80.5 cm³/mol. The SMILES string of the molecule is Cc1nc(N)sc1C(C)c1cccc2ncccc12. The van der Waals surface area contributed by atoms with E-state index in [1.165, 1.54) is 15.8 Å². The fourth-order valence-electron chi connectivity index (χ4n) is 2.48. The van der Waals surface area contributed by atoms with Crippen LogP contribution in [0.3, 0.4) is 0 Å². The Kier molecular flexibility index (Phi) is 2.95. The van der Waals surface area contributed by atoms with Crippen LogP contribution in [0.2, 0.25) is 0 Å². The zero-order valence-corrected chi connectivity index (χ0v) is 11.7. The Morgan fingerprint density at radius 1 is 1.21 bits per heavy atom. The highest BCUT2D eigenvalue weighted by Gasteiger charge is 2.17. The van der Waals surface area contributed by atoms with E-state index in [4.69, 9.17) is 5.73 Å². The van der Waals surface area contributed by atoms with Crippen LogP contribution in [0.25, 0.3) is 10.9 Å². The van der Waals surface area contributed by atoms with Crippen molar-refractivity contribution in [1.29, 1.82) is 0 Å². The average Bonchev–Trinajstić information content (AvgIpc) is 2.76. The topological polar surface area (TPSA) is 51.8 Å². The van der Waals surface area contributed by atoms with Gasteiger partial charge in [-0.1, -0.05) is 25.1 Å². The van der Waals surface area contributed by atoms with Crippen molar-refractivity contribution in [3.8, 4) is 0 Å². The highest BCUT2D eigenvalue weighted by Crippen LogP contribution is 2.35. The van der Waals surface area contributed by atoms with E-state index in [2.05, 4.69) is 35.1 Å². The van der Waals surface area contributed by atoms with Gasteiger partial charge in [0.15, 0.2) is 5.13 Å². The Labute approximate surface area is 116 Å². The highest BCUT2D eigenvalue weighted by atomic mass is 32.1. The number of thiazole rings is 1. The van der Waals surface area contributed by atoms with Crippen LogP contribution in [-0.4, -0.2) is 9.97 Å². The third-order valence-electron chi connectivity index (χ3n) is 3.39. The van der Waals surface area contributed by atoms with Crippen LogP contribution >= 0.6 is 11.3 Å². The summed E-state index contributed by atoms with van der Waals surface area (Å²) in [5, 5.41) is 1.83. The fraction of sp³-hybridized carbons (Fsp3) is 0.200. The van der Waals surface area contributed by atoms with Gasteiger partial charge < -0.3 is 5.73 Å². The Morgan fingerprint density at radius 2 is 2.05 bits per heavy atom. The number of benzene rings is 1. The Bertz CT molecular complexity index is 728. The van der Waals surface area contributed by atoms with Crippen molar-refractivity contribution >= 4 is 27.4 Å². The van der Waals surface area contributed by atoms with Gasteiger partial charge in [-0.15, -0.1) is 11.3 Å². The largest absolute Gasteiger partial charge is 0.375 e. The smallest absolute Gasteiger partial charge is 0.180 e. The molecule has 0 saturated heterocycles. The van der Waals surface area contributed by atoms with E-state index in [1.54, 1.807) is 11.3 Å². The van der Waals surface area contributed by atoms with Crippen molar-refractivity contribution in [3.05, 3.63) is 52.7 Å². The molecule has 0 saturated carbocycles. The Morgan fingerprint density at radius 3 is 2.79 bits per heavy atom. The molecule has 19 heavy (non-hydrogen) atoms. The molecule has 0 bridgehead atoms. The molecule has 0 radical (unpaired) electrons. The number of hydrogen-bond donors (Lipinski definition) is 1. The minimum Gasteiger partial charge on any atom is -0.375 e. The number of nitrogen functional groups attached to an aromatic ring is 1. The number of anilines is 1. The first kappa shape index (κ1) is 12.1. The third-order valence-corrected chi connectivity index (χ3v) is 4.56. The van der Waals surface area contributed by atoms with Gasteiger partial charge in [0.2, 0.25) is 0 Å². The van der Waals surface area contributed by atoms with Gasteiger partial charge in [-0.05, 0) is 24.6 Å². The molecular formula is C15H15N3S. The van der Waals surface area contributed by atoms with E-state index in [-0.39, 0.29) is 5.92 Å². The second-order valence-corrected chi connectivity index (χ2v) is 5.70. The molecule has 4 heteroatoms. The third kappa shape index (κ3) is 2.08. The number of aromatic nitrogens is 2. The number of rotatable bonds is 2. The Hall–Kier alpha value is -1.94. The summed E-state index contributed by atoms with van der Waals surface area (Å²) in [6, 6.07) is 10.4. The molecule has 1 aromatic carbocycles. The van der Waals surface area contributed by atoms with Gasteiger partial charge in [0.1, 0.15) is 0 Å². The van der Waals surface area contributed by atoms with Crippen molar-refractivity contribution in [2.75, 3.05) is 5.73 Å². The van der Waals surface area contributed by atoms with Gasteiger partial charge in [-0.25, -0.2) is 4.98 Å². The normalized spacial score (nSPS) is 12.7. The molecule has 3 aromatic rings. The number of pyridine rings is 1. The molecule has 2 aromatic heterocycles. The Balaban J connectivity index is 2.16. The van der Waals surface area contributed by atoms with Gasteiger partial charge in [-0.2, -0.15) is 0 Å². The number of hydrogen-bond acceptors (Lipinski definition) is 4. The maximum absolute atomic E-state index is 5.80. The van der Waals surface area contributed by atoms with Gasteiger partial charge in [0, 0.05) is 22.4 Å². The molecular weight excluding hydrogens is 254 g/mol. The highest BCUT2D eigenvalue weighted by molar-refractivity contribution is 7.15. The van der Waals surface area contributed by atoms with Crippen LogP contribution in [0.1, 0.15) is 29.0 Å². The molecule has 0 spiro atoms. The van der Waals surface area contributed by atoms with E-state index in [0.29, 0.717) is 5.13 Å². The van der Waals surface area contributed by atoms with Crippen molar-refractivity contribution in [2.45, 2.75) is 19.8 Å². The van der Waals surface area contributed by atoms with E-state index >= 15 is 0 Å². The second kappa shape index (κ2) is 4.63. The lowest BCUT2D eigenvalue weighted by Crippen LogP contribution is -1.97. The summed E-state index contributed by atoms with van der Waals surface area (Å²) in [5.41, 5.74) is 9.13. The van der Waals surface area contributed by atoms with Gasteiger partial charge in [-0.3, -0.25) is 4.98 Å². The quantitative estimate of drug-likeness (QED) is 0.771. The number of nitrogens with zero attached hydrogens (tertiary/aromatic N) is 2. The molecule has 96 valence electrons. The van der Waals surface area contributed by atoms with Gasteiger partial charge >= 0.3 is 0 Å². The van der Waals surface area contributed by atoms with E-state index in [0.717, 1.165) is 11.2 Å². The molecule has 1 atom stereocenters. The maximum Gasteiger partial charge on any atom is 0.180 e. The molecule has 0 aliphatic carbocycles. The van der Waals surface area contributed by atoms with Crippen LogP contribution in [0.5, 0.6) is 0 Å².